The van der Waals surface area contributed by atoms with Gasteiger partial charge in [0.05, 0.1) is 13.2 Å². The first kappa shape index (κ1) is 16.1. The van der Waals surface area contributed by atoms with Crippen molar-refractivity contribution in [3.8, 4) is 5.88 Å². The van der Waals surface area contributed by atoms with Gasteiger partial charge < -0.3 is 9.64 Å². The third-order valence-corrected chi connectivity index (χ3v) is 5.12. The molecule has 2 aromatic rings. The Labute approximate surface area is 148 Å². The molecule has 25 heavy (non-hydrogen) atoms. The molecule has 1 saturated carbocycles. The predicted molar refractivity (Wildman–Crippen MR) is 95.6 cm³/mol. The van der Waals surface area contributed by atoms with E-state index < -0.39 is 0 Å². The quantitative estimate of drug-likeness (QED) is 0.861. The van der Waals surface area contributed by atoms with E-state index in [9.17, 15) is 4.79 Å². The monoisotopic (exact) mass is 337 g/mol. The first-order valence-electron chi connectivity index (χ1n) is 8.87. The molecule has 2 fully saturated rings. The number of rotatable bonds is 4. The summed E-state index contributed by atoms with van der Waals surface area (Å²) in [7, 11) is 1.55. The molecule has 1 aliphatic carbocycles. The van der Waals surface area contributed by atoms with Crippen molar-refractivity contribution in [3.05, 3.63) is 59.8 Å². The molecule has 1 atom stereocenters. The van der Waals surface area contributed by atoms with E-state index in [2.05, 4.69) is 22.0 Å². The standard InChI is InChI=1S/C20H23N3O2/c1-25-19-17(8-5-11-21-19)20(24)23-13-12-22(16-9-10-16)14-18(23)15-6-3-2-4-7-15/h2-8,11,16,18H,9-10,12-14H2,1H3. The molecule has 0 spiro atoms. The summed E-state index contributed by atoms with van der Waals surface area (Å²) < 4.78 is 5.30. The first-order chi connectivity index (χ1) is 12.3. The largest absolute Gasteiger partial charge is 0.480 e. The minimum atomic E-state index is -0.00532. The van der Waals surface area contributed by atoms with Crippen LogP contribution in [0.1, 0.15) is 34.8 Å². The number of carbonyl (C=O) groups excluding carboxylic acids is 1. The van der Waals surface area contributed by atoms with E-state index >= 15 is 0 Å². The van der Waals surface area contributed by atoms with Crippen molar-refractivity contribution < 1.29 is 9.53 Å². The van der Waals surface area contributed by atoms with Gasteiger partial charge in [-0.2, -0.15) is 0 Å². The zero-order valence-electron chi connectivity index (χ0n) is 14.5. The molecule has 1 aromatic heterocycles. The highest BCUT2D eigenvalue weighted by Crippen LogP contribution is 2.34. The Kier molecular flexibility index (Phi) is 4.40. The number of ether oxygens (including phenoxy) is 1. The molecule has 0 bridgehead atoms. The van der Waals surface area contributed by atoms with Gasteiger partial charge in [-0.15, -0.1) is 0 Å². The van der Waals surface area contributed by atoms with Crippen LogP contribution in [0.15, 0.2) is 48.7 Å². The molecule has 1 aliphatic heterocycles. The molecule has 0 radical (unpaired) electrons. The Morgan fingerprint density at radius 2 is 1.92 bits per heavy atom. The van der Waals surface area contributed by atoms with Crippen LogP contribution in [-0.2, 0) is 0 Å². The maximum Gasteiger partial charge on any atom is 0.259 e. The highest BCUT2D eigenvalue weighted by molar-refractivity contribution is 5.96. The smallest absolute Gasteiger partial charge is 0.259 e. The third kappa shape index (κ3) is 3.24. The summed E-state index contributed by atoms with van der Waals surface area (Å²) in [4.78, 5) is 21.9. The van der Waals surface area contributed by atoms with Crippen LogP contribution in [0, 0.1) is 0 Å². The minimum absolute atomic E-state index is 0.00532. The Hall–Kier alpha value is -2.40. The highest BCUT2D eigenvalue weighted by atomic mass is 16.5. The van der Waals surface area contributed by atoms with E-state index in [4.69, 9.17) is 4.74 Å². The zero-order chi connectivity index (χ0) is 17.2. The van der Waals surface area contributed by atoms with Crippen molar-refractivity contribution in [1.82, 2.24) is 14.8 Å². The van der Waals surface area contributed by atoms with Crippen LogP contribution in [0.25, 0.3) is 0 Å². The van der Waals surface area contributed by atoms with Crippen molar-refractivity contribution >= 4 is 5.91 Å². The summed E-state index contributed by atoms with van der Waals surface area (Å²) in [5.74, 6) is 0.387. The summed E-state index contributed by atoms with van der Waals surface area (Å²) >= 11 is 0. The second-order valence-corrected chi connectivity index (χ2v) is 6.71. The lowest BCUT2D eigenvalue weighted by atomic mass is 10.0. The van der Waals surface area contributed by atoms with Gasteiger partial charge >= 0.3 is 0 Å². The van der Waals surface area contributed by atoms with Crippen LogP contribution >= 0.6 is 0 Å². The lowest BCUT2D eigenvalue weighted by Gasteiger charge is -2.42. The molecule has 130 valence electrons. The molecule has 4 rings (SSSR count). The topological polar surface area (TPSA) is 45.7 Å². The number of piperazine rings is 1. The summed E-state index contributed by atoms with van der Waals surface area (Å²) in [6.07, 6.45) is 4.22. The summed E-state index contributed by atoms with van der Waals surface area (Å²) in [6, 6.07) is 14.7. The molecular weight excluding hydrogens is 314 g/mol. The van der Waals surface area contributed by atoms with Crippen LogP contribution in [0.4, 0.5) is 0 Å². The van der Waals surface area contributed by atoms with Gasteiger partial charge in [-0.25, -0.2) is 4.98 Å². The van der Waals surface area contributed by atoms with Crippen molar-refractivity contribution in [1.29, 1.82) is 0 Å². The van der Waals surface area contributed by atoms with Crippen molar-refractivity contribution in [2.45, 2.75) is 24.9 Å². The summed E-state index contributed by atoms with van der Waals surface area (Å²) in [6.45, 7) is 2.55. The third-order valence-electron chi connectivity index (χ3n) is 5.12. The molecule has 2 aliphatic rings. The number of nitrogens with zero attached hydrogens (tertiary/aromatic N) is 3. The van der Waals surface area contributed by atoms with Gasteiger partial charge in [0.15, 0.2) is 0 Å². The van der Waals surface area contributed by atoms with Gasteiger partial charge in [-0.05, 0) is 30.5 Å². The SMILES string of the molecule is COc1ncccc1C(=O)N1CCN(C2CC2)CC1c1ccccc1. The summed E-state index contributed by atoms with van der Waals surface area (Å²) in [5, 5.41) is 0. The zero-order valence-corrected chi connectivity index (χ0v) is 14.5. The van der Waals surface area contributed by atoms with Crippen LogP contribution in [0.2, 0.25) is 0 Å². The molecule has 1 amide bonds. The molecule has 0 N–H and O–H groups in total. The van der Waals surface area contributed by atoms with Gasteiger partial charge in [-0.3, -0.25) is 9.69 Å². The average Bonchev–Trinajstić information content (AvgIpc) is 3.53. The lowest BCUT2D eigenvalue weighted by molar-refractivity contribution is 0.0429. The van der Waals surface area contributed by atoms with Crippen molar-refractivity contribution in [2.75, 3.05) is 26.7 Å². The number of hydrogen-bond acceptors (Lipinski definition) is 4. The fraction of sp³-hybridized carbons (Fsp3) is 0.400. The van der Waals surface area contributed by atoms with Crippen molar-refractivity contribution in [3.63, 3.8) is 0 Å². The van der Waals surface area contributed by atoms with Crippen LogP contribution in [0.5, 0.6) is 5.88 Å². The van der Waals surface area contributed by atoms with E-state index in [1.807, 2.05) is 23.1 Å². The highest BCUT2D eigenvalue weighted by Gasteiger charge is 2.38. The Morgan fingerprint density at radius 3 is 2.64 bits per heavy atom. The number of amides is 1. The normalized spacial score (nSPS) is 21.2. The molecule has 5 nitrogen and oxygen atoms in total. The molecule has 5 heteroatoms. The van der Waals surface area contributed by atoms with Gasteiger partial charge in [-0.1, -0.05) is 30.3 Å². The fourth-order valence-electron chi connectivity index (χ4n) is 3.65. The number of benzene rings is 1. The van der Waals surface area contributed by atoms with Gasteiger partial charge in [0.25, 0.3) is 5.91 Å². The Bertz CT molecular complexity index is 746. The predicted octanol–water partition coefficient (Wildman–Crippen LogP) is 2.75. The Balaban J connectivity index is 1.65. The fourth-order valence-corrected chi connectivity index (χ4v) is 3.65. The number of pyridine rings is 1. The van der Waals surface area contributed by atoms with Crippen molar-refractivity contribution in [2.24, 2.45) is 0 Å². The molecule has 1 aromatic carbocycles. The molecule has 1 unspecified atom stereocenters. The number of carbonyl (C=O) groups is 1. The van der Waals surface area contributed by atoms with E-state index in [1.54, 1.807) is 25.4 Å². The maximum atomic E-state index is 13.2. The van der Waals surface area contributed by atoms with Gasteiger partial charge in [0.1, 0.15) is 5.56 Å². The average molecular weight is 337 g/mol. The van der Waals surface area contributed by atoms with Crippen LogP contribution in [0.3, 0.4) is 0 Å². The van der Waals surface area contributed by atoms with E-state index in [-0.39, 0.29) is 11.9 Å². The second kappa shape index (κ2) is 6.84. The van der Waals surface area contributed by atoms with E-state index in [0.29, 0.717) is 17.5 Å². The Morgan fingerprint density at radius 1 is 1.12 bits per heavy atom. The number of aromatic nitrogens is 1. The van der Waals surface area contributed by atoms with E-state index in [0.717, 1.165) is 19.6 Å². The minimum Gasteiger partial charge on any atom is -0.480 e. The van der Waals surface area contributed by atoms with Crippen LogP contribution < -0.4 is 4.74 Å². The summed E-state index contributed by atoms with van der Waals surface area (Å²) in [5.41, 5.74) is 1.72. The first-order valence-corrected chi connectivity index (χ1v) is 8.87. The molecular formula is C20H23N3O2. The van der Waals surface area contributed by atoms with Gasteiger partial charge in [0.2, 0.25) is 5.88 Å². The van der Waals surface area contributed by atoms with Gasteiger partial charge in [0, 0.05) is 31.9 Å². The molecule has 2 heterocycles. The van der Waals surface area contributed by atoms with E-state index in [1.165, 1.54) is 18.4 Å². The molecule has 1 saturated heterocycles. The number of methoxy groups -OCH3 is 1. The maximum absolute atomic E-state index is 13.2. The lowest BCUT2D eigenvalue weighted by Crippen LogP contribution is -2.51. The second-order valence-electron chi connectivity index (χ2n) is 6.71. The van der Waals surface area contributed by atoms with Crippen LogP contribution in [-0.4, -0.2) is 53.5 Å². The number of hydrogen-bond donors (Lipinski definition) is 0.